The molecular formula is C20H21N3O2. The van der Waals surface area contributed by atoms with Crippen LogP contribution in [-0.2, 0) is 13.0 Å². The second-order valence-electron chi connectivity index (χ2n) is 5.81. The predicted molar refractivity (Wildman–Crippen MR) is 99.2 cm³/mol. The summed E-state index contributed by atoms with van der Waals surface area (Å²) < 4.78 is 5.33. The predicted octanol–water partition coefficient (Wildman–Crippen LogP) is 3.29. The number of aromatic nitrogens is 2. The monoisotopic (exact) mass is 335 g/mol. The molecule has 1 heterocycles. The van der Waals surface area contributed by atoms with E-state index in [-0.39, 0.29) is 5.56 Å². The van der Waals surface area contributed by atoms with Gasteiger partial charge in [0.1, 0.15) is 5.75 Å². The number of methoxy groups -OCH3 is 1. The van der Waals surface area contributed by atoms with Gasteiger partial charge >= 0.3 is 0 Å². The van der Waals surface area contributed by atoms with E-state index in [1.807, 2.05) is 61.5 Å². The molecule has 25 heavy (non-hydrogen) atoms. The number of nitrogens with one attached hydrogen (secondary N) is 2. The van der Waals surface area contributed by atoms with Crippen molar-refractivity contribution in [3.63, 3.8) is 0 Å². The van der Waals surface area contributed by atoms with Crippen molar-refractivity contribution < 1.29 is 4.74 Å². The van der Waals surface area contributed by atoms with Gasteiger partial charge in [-0.3, -0.25) is 9.78 Å². The third kappa shape index (κ3) is 4.07. The zero-order valence-corrected chi connectivity index (χ0v) is 14.4. The van der Waals surface area contributed by atoms with Crippen LogP contribution in [0, 0.1) is 6.92 Å². The van der Waals surface area contributed by atoms with Crippen LogP contribution in [0.2, 0.25) is 0 Å². The van der Waals surface area contributed by atoms with Crippen LogP contribution in [0.25, 0.3) is 0 Å². The fraction of sp³-hybridized carbons (Fsp3) is 0.200. The maximum Gasteiger partial charge on any atom is 0.256 e. The number of nitrogens with zero attached hydrogens (tertiary/aromatic N) is 1. The number of para-hydroxylation sites is 1. The van der Waals surface area contributed by atoms with E-state index < -0.39 is 0 Å². The van der Waals surface area contributed by atoms with E-state index in [1.54, 1.807) is 7.11 Å². The Morgan fingerprint density at radius 3 is 2.52 bits per heavy atom. The molecule has 128 valence electrons. The first-order valence-electron chi connectivity index (χ1n) is 8.17. The molecule has 0 aliphatic heterocycles. The lowest BCUT2D eigenvalue weighted by Gasteiger charge is -2.11. The van der Waals surface area contributed by atoms with Crippen LogP contribution < -0.4 is 15.6 Å². The van der Waals surface area contributed by atoms with E-state index in [4.69, 9.17) is 4.74 Å². The van der Waals surface area contributed by atoms with Gasteiger partial charge in [-0.25, -0.2) is 4.98 Å². The number of benzene rings is 2. The molecule has 0 aliphatic rings. The Labute approximate surface area is 146 Å². The fourth-order valence-electron chi connectivity index (χ4n) is 2.73. The van der Waals surface area contributed by atoms with Gasteiger partial charge in [0.25, 0.3) is 5.56 Å². The first-order chi connectivity index (χ1) is 12.2. The summed E-state index contributed by atoms with van der Waals surface area (Å²) in [5.41, 5.74) is 3.40. The van der Waals surface area contributed by atoms with E-state index >= 15 is 0 Å². The number of aromatic amines is 1. The normalized spacial score (nSPS) is 10.5. The molecule has 0 unspecified atom stereocenters. The molecule has 0 aliphatic carbocycles. The Morgan fingerprint density at radius 1 is 1.08 bits per heavy atom. The Balaban J connectivity index is 1.77. The lowest BCUT2D eigenvalue weighted by Crippen LogP contribution is -2.19. The average molecular weight is 335 g/mol. The molecule has 2 N–H and O–H groups in total. The minimum atomic E-state index is -0.112. The van der Waals surface area contributed by atoms with E-state index in [1.165, 1.54) is 0 Å². The Bertz CT molecular complexity index is 904. The maximum absolute atomic E-state index is 12.4. The molecule has 0 fully saturated rings. The van der Waals surface area contributed by atoms with Gasteiger partial charge in [-0.1, -0.05) is 48.5 Å². The largest absolute Gasteiger partial charge is 0.496 e. The topological polar surface area (TPSA) is 67.0 Å². The van der Waals surface area contributed by atoms with Crippen molar-refractivity contribution >= 4 is 5.95 Å². The number of H-pyrrole nitrogens is 1. The smallest absolute Gasteiger partial charge is 0.256 e. The number of ether oxygens (including phenoxy) is 1. The van der Waals surface area contributed by atoms with Crippen molar-refractivity contribution in [3.8, 4) is 5.75 Å². The molecule has 0 saturated carbocycles. The summed E-state index contributed by atoms with van der Waals surface area (Å²) in [5.74, 6) is 1.26. The first kappa shape index (κ1) is 16.8. The lowest BCUT2D eigenvalue weighted by atomic mass is 10.1. The summed E-state index contributed by atoms with van der Waals surface area (Å²) >= 11 is 0. The Morgan fingerprint density at radius 2 is 1.80 bits per heavy atom. The summed E-state index contributed by atoms with van der Waals surface area (Å²) in [5, 5.41) is 3.16. The summed E-state index contributed by atoms with van der Waals surface area (Å²) in [6, 6.07) is 17.7. The van der Waals surface area contributed by atoms with Gasteiger partial charge in [-0.15, -0.1) is 0 Å². The minimum absolute atomic E-state index is 0.112. The quantitative estimate of drug-likeness (QED) is 0.725. The van der Waals surface area contributed by atoms with Crippen molar-refractivity contribution in [2.24, 2.45) is 0 Å². The van der Waals surface area contributed by atoms with E-state index in [9.17, 15) is 4.79 Å². The molecule has 0 spiro atoms. The maximum atomic E-state index is 12.4. The van der Waals surface area contributed by atoms with E-state index in [0.29, 0.717) is 24.5 Å². The van der Waals surface area contributed by atoms with E-state index in [2.05, 4.69) is 15.3 Å². The van der Waals surface area contributed by atoms with Crippen molar-refractivity contribution in [2.75, 3.05) is 12.4 Å². The van der Waals surface area contributed by atoms with Crippen LogP contribution in [0.3, 0.4) is 0 Å². The highest BCUT2D eigenvalue weighted by Crippen LogP contribution is 2.18. The highest BCUT2D eigenvalue weighted by atomic mass is 16.5. The highest BCUT2D eigenvalue weighted by molar-refractivity contribution is 5.38. The molecule has 0 bridgehead atoms. The molecule has 0 saturated heterocycles. The summed E-state index contributed by atoms with van der Waals surface area (Å²) in [6.45, 7) is 2.38. The fourth-order valence-corrected chi connectivity index (χ4v) is 2.73. The number of hydrogen-bond donors (Lipinski definition) is 2. The first-order valence-corrected chi connectivity index (χ1v) is 8.17. The summed E-state index contributed by atoms with van der Waals surface area (Å²) in [6.07, 6.45) is 0.571. The molecule has 0 radical (unpaired) electrons. The second-order valence-corrected chi connectivity index (χ2v) is 5.81. The highest BCUT2D eigenvalue weighted by Gasteiger charge is 2.09. The van der Waals surface area contributed by atoms with Crippen LogP contribution in [0.5, 0.6) is 5.75 Å². The standard InChI is InChI=1S/C20H21N3O2/c1-14-17(12-15-8-4-3-5-9-15)19(24)23-20(22-14)21-13-16-10-6-7-11-18(16)25-2/h3-11H,12-13H2,1-2H3,(H2,21,22,23,24). The molecule has 3 aromatic rings. The van der Waals surface area contributed by atoms with Crippen molar-refractivity contribution in [2.45, 2.75) is 19.9 Å². The Hall–Kier alpha value is -3.08. The number of hydrogen-bond acceptors (Lipinski definition) is 4. The van der Waals surface area contributed by atoms with Crippen molar-refractivity contribution in [3.05, 3.63) is 87.3 Å². The van der Waals surface area contributed by atoms with Crippen LogP contribution in [0.4, 0.5) is 5.95 Å². The molecule has 2 aromatic carbocycles. The molecule has 5 heteroatoms. The molecule has 5 nitrogen and oxygen atoms in total. The number of rotatable bonds is 6. The zero-order valence-electron chi connectivity index (χ0n) is 14.4. The van der Waals surface area contributed by atoms with Gasteiger partial charge in [-0.05, 0) is 18.6 Å². The molecule has 3 rings (SSSR count). The van der Waals surface area contributed by atoms with Gasteiger partial charge in [0, 0.05) is 24.1 Å². The van der Waals surface area contributed by atoms with Crippen LogP contribution in [0.1, 0.15) is 22.4 Å². The van der Waals surface area contributed by atoms with Gasteiger partial charge in [0.2, 0.25) is 5.95 Å². The lowest BCUT2D eigenvalue weighted by molar-refractivity contribution is 0.410. The average Bonchev–Trinajstić information content (AvgIpc) is 2.64. The van der Waals surface area contributed by atoms with Gasteiger partial charge in [0.05, 0.1) is 12.8 Å². The summed E-state index contributed by atoms with van der Waals surface area (Å²) in [4.78, 5) is 19.8. The van der Waals surface area contributed by atoms with E-state index in [0.717, 1.165) is 22.6 Å². The van der Waals surface area contributed by atoms with Crippen molar-refractivity contribution in [1.82, 2.24) is 9.97 Å². The molecule has 0 amide bonds. The molecule has 0 atom stereocenters. The zero-order chi connectivity index (χ0) is 17.6. The SMILES string of the molecule is COc1ccccc1CNc1nc(C)c(Cc2ccccc2)c(=O)[nH]1. The van der Waals surface area contributed by atoms with Crippen LogP contribution in [-0.4, -0.2) is 17.1 Å². The number of aryl methyl sites for hydroxylation is 1. The minimum Gasteiger partial charge on any atom is -0.496 e. The van der Waals surface area contributed by atoms with Crippen molar-refractivity contribution in [1.29, 1.82) is 0 Å². The van der Waals surface area contributed by atoms with Crippen LogP contribution >= 0.6 is 0 Å². The van der Waals surface area contributed by atoms with Gasteiger partial charge in [-0.2, -0.15) is 0 Å². The second kappa shape index (κ2) is 7.66. The molecule has 1 aromatic heterocycles. The summed E-state index contributed by atoms with van der Waals surface area (Å²) in [7, 11) is 1.64. The van der Waals surface area contributed by atoms with Crippen LogP contribution in [0.15, 0.2) is 59.4 Å². The van der Waals surface area contributed by atoms with Gasteiger partial charge in [0.15, 0.2) is 0 Å². The van der Waals surface area contributed by atoms with Gasteiger partial charge < -0.3 is 10.1 Å². The number of anilines is 1. The third-order valence-corrected chi connectivity index (χ3v) is 4.08. The molecular weight excluding hydrogens is 314 g/mol. The third-order valence-electron chi connectivity index (χ3n) is 4.08. The Kier molecular flexibility index (Phi) is 5.14.